The molecule has 0 fully saturated rings. The van der Waals surface area contributed by atoms with Crippen LogP contribution in [0.4, 0.5) is 0 Å². The molecule has 0 saturated heterocycles. The number of pyridine rings is 1. The normalized spacial score (nSPS) is 13.0. The topological polar surface area (TPSA) is 64.9 Å². The van der Waals surface area contributed by atoms with Gasteiger partial charge in [0, 0.05) is 18.8 Å². The summed E-state index contributed by atoms with van der Waals surface area (Å²) in [7, 11) is 0. The van der Waals surface area contributed by atoms with E-state index in [1.54, 1.807) is 12.3 Å². The molecule has 0 aromatic carbocycles. The zero-order chi connectivity index (χ0) is 8.27. The fourth-order valence-corrected chi connectivity index (χ4v) is 0.854. The second kappa shape index (κ2) is 3.67. The molecule has 3 nitrogen and oxygen atoms in total. The van der Waals surface area contributed by atoms with E-state index in [1.807, 2.05) is 6.07 Å². The molecule has 1 aromatic rings. The van der Waals surface area contributed by atoms with Gasteiger partial charge in [-0.25, -0.2) is 4.98 Å². The maximum atomic E-state index is 5.64. The van der Waals surface area contributed by atoms with Crippen LogP contribution in [-0.4, -0.2) is 11.5 Å². The van der Waals surface area contributed by atoms with E-state index >= 15 is 0 Å². The van der Waals surface area contributed by atoms with Crippen LogP contribution in [-0.2, 0) is 0 Å². The molecule has 60 valence electrons. The smallest absolute Gasteiger partial charge is 0.129 e. The number of nitrogens with two attached hydrogens (primary N) is 2. The van der Waals surface area contributed by atoms with E-state index < -0.39 is 0 Å². The molecular weight excluding hydrogens is 162 g/mol. The zero-order valence-electron chi connectivity index (χ0n) is 6.00. The molecule has 0 saturated carbocycles. The highest BCUT2D eigenvalue weighted by Gasteiger charge is 2.02. The number of hydrogen-bond donors (Lipinski definition) is 2. The van der Waals surface area contributed by atoms with Crippen LogP contribution < -0.4 is 11.5 Å². The van der Waals surface area contributed by atoms with Crippen molar-refractivity contribution in [2.75, 3.05) is 6.54 Å². The molecule has 1 heterocycles. The van der Waals surface area contributed by atoms with Gasteiger partial charge in [-0.15, -0.1) is 0 Å². The Morgan fingerprint density at radius 2 is 2.27 bits per heavy atom. The second-order valence-electron chi connectivity index (χ2n) is 2.26. The minimum Gasteiger partial charge on any atom is -0.329 e. The number of halogens is 1. The van der Waals surface area contributed by atoms with Crippen LogP contribution in [0.2, 0.25) is 5.15 Å². The van der Waals surface area contributed by atoms with E-state index in [0.29, 0.717) is 11.7 Å². The highest BCUT2D eigenvalue weighted by Crippen LogP contribution is 2.10. The van der Waals surface area contributed by atoms with Crippen molar-refractivity contribution in [1.29, 1.82) is 0 Å². The van der Waals surface area contributed by atoms with Crippen molar-refractivity contribution < 1.29 is 0 Å². The van der Waals surface area contributed by atoms with Crippen LogP contribution in [0, 0.1) is 0 Å². The Labute approximate surface area is 70.4 Å². The van der Waals surface area contributed by atoms with Crippen molar-refractivity contribution >= 4 is 11.6 Å². The van der Waals surface area contributed by atoms with Gasteiger partial charge < -0.3 is 11.5 Å². The average Bonchev–Trinajstić information content (AvgIpc) is 2.05. The molecule has 4 N–H and O–H groups in total. The molecule has 0 aliphatic heterocycles. The number of nitrogens with zero attached hydrogens (tertiary/aromatic N) is 1. The van der Waals surface area contributed by atoms with Crippen LogP contribution in [0.1, 0.15) is 11.6 Å². The molecule has 0 aliphatic rings. The molecule has 0 bridgehead atoms. The summed E-state index contributed by atoms with van der Waals surface area (Å²) < 4.78 is 0. The maximum Gasteiger partial charge on any atom is 0.129 e. The summed E-state index contributed by atoms with van der Waals surface area (Å²) in [6.07, 6.45) is 1.64. The molecule has 0 spiro atoms. The number of hydrogen-bond acceptors (Lipinski definition) is 3. The van der Waals surface area contributed by atoms with Crippen LogP contribution in [0.5, 0.6) is 0 Å². The predicted molar refractivity (Wildman–Crippen MR) is 45.2 cm³/mol. The van der Waals surface area contributed by atoms with Crippen molar-refractivity contribution in [1.82, 2.24) is 4.98 Å². The highest BCUT2D eigenvalue weighted by atomic mass is 35.5. The molecule has 11 heavy (non-hydrogen) atoms. The first-order valence-corrected chi connectivity index (χ1v) is 3.69. The van der Waals surface area contributed by atoms with Crippen LogP contribution >= 0.6 is 11.6 Å². The monoisotopic (exact) mass is 171 g/mol. The van der Waals surface area contributed by atoms with Crippen molar-refractivity contribution in [2.24, 2.45) is 11.5 Å². The summed E-state index contributed by atoms with van der Waals surface area (Å²) in [5, 5.41) is 0.470. The molecule has 0 aliphatic carbocycles. The lowest BCUT2D eigenvalue weighted by Gasteiger charge is -2.07. The molecule has 1 aromatic heterocycles. The average molecular weight is 172 g/mol. The van der Waals surface area contributed by atoms with Gasteiger partial charge in [0.2, 0.25) is 0 Å². The fraction of sp³-hybridized carbons (Fsp3) is 0.286. The van der Waals surface area contributed by atoms with Gasteiger partial charge >= 0.3 is 0 Å². The Morgan fingerprint density at radius 3 is 2.73 bits per heavy atom. The summed E-state index contributed by atoms with van der Waals surface area (Å²) in [6.45, 7) is 0.420. The Kier molecular flexibility index (Phi) is 2.82. The van der Waals surface area contributed by atoms with Gasteiger partial charge in [-0.2, -0.15) is 0 Å². The maximum absolute atomic E-state index is 5.64. The SMILES string of the molecule is NCC(N)c1ccc(Cl)nc1. The van der Waals surface area contributed by atoms with Gasteiger partial charge in [0.05, 0.1) is 0 Å². The molecule has 0 radical (unpaired) electrons. The summed E-state index contributed by atoms with van der Waals surface area (Å²) >= 11 is 5.58. The Balaban J connectivity index is 2.81. The summed E-state index contributed by atoms with van der Waals surface area (Å²) in [6, 6.07) is 3.39. The lowest BCUT2D eigenvalue weighted by molar-refractivity contribution is 0.733. The van der Waals surface area contributed by atoms with Crippen molar-refractivity contribution in [3.05, 3.63) is 29.0 Å². The zero-order valence-corrected chi connectivity index (χ0v) is 6.75. The van der Waals surface area contributed by atoms with E-state index in [1.165, 1.54) is 0 Å². The Hall–Kier alpha value is -0.640. The summed E-state index contributed by atoms with van der Waals surface area (Å²) in [5.41, 5.74) is 11.9. The van der Waals surface area contributed by atoms with Gasteiger partial charge in [-0.1, -0.05) is 17.7 Å². The third kappa shape index (κ3) is 2.15. The van der Waals surface area contributed by atoms with Crippen LogP contribution in [0.25, 0.3) is 0 Å². The molecule has 4 heteroatoms. The summed E-state index contributed by atoms with van der Waals surface area (Å²) in [5.74, 6) is 0. The Bertz CT molecular complexity index is 222. The third-order valence-electron chi connectivity index (χ3n) is 1.43. The molecular formula is C7H10ClN3. The fourth-order valence-electron chi connectivity index (χ4n) is 0.743. The van der Waals surface area contributed by atoms with E-state index in [2.05, 4.69) is 4.98 Å². The van der Waals surface area contributed by atoms with Crippen LogP contribution in [0.15, 0.2) is 18.3 Å². The van der Waals surface area contributed by atoms with E-state index in [9.17, 15) is 0 Å². The number of aromatic nitrogens is 1. The highest BCUT2D eigenvalue weighted by molar-refractivity contribution is 6.29. The lowest BCUT2D eigenvalue weighted by atomic mass is 10.1. The van der Waals surface area contributed by atoms with Gasteiger partial charge in [0.15, 0.2) is 0 Å². The van der Waals surface area contributed by atoms with E-state index in [4.69, 9.17) is 23.1 Å². The number of rotatable bonds is 2. The van der Waals surface area contributed by atoms with Crippen LogP contribution in [0.3, 0.4) is 0 Å². The standard InChI is InChI=1S/C7H10ClN3/c8-7-2-1-5(4-11-7)6(10)3-9/h1-2,4,6H,3,9-10H2. The predicted octanol–water partition coefficient (Wildman–Crippen LogP) is 0.694. The van der Waals surface area contributed by atoms with Crippen molar-refractivity contribution in [3.8, 4) is 0 Å². The molecule has 1 rings (SSSR count). The quantitative estimate of drug-likeness (QED) is 0.644. The Morgan fingerprint density at radius 1 is 1.55 bits per heavy atom. The van der Waals surface area contributed by atoms with E-state index in [-0.39, 0.29) is 6.04 Å². The first-order chi connectivity index (χ1) is 5.24. The van der Waals surface area contributed by atoms with Gasteiger partial charge in [-0.3, -0.25) is 0 Å². The second-order valence-corrected chi connectivity index (χ2v) is 2.64. The largest absolute Gasteiger partial charge is 0.329 e. The van der Waals surface area contributed by atoms with Crippen molar-refractivity contribution in [3.63, 3.8) is 0 Å². The minimum absolute atomic E-state index is 0.139. The summed E-state index contributed by atoms with van der Waals surface area (Å²) in [4.78, 5) is 3.88. The van der Waals surface area contributed by atoms with Gasteiger partial charge in [-0.05, 0) is 11.6 Å². The first kappa shape index (κ1) is 8.46. The van der Waals surface area contributed by atoms with E-state index in [0.717, 1.165) is 5.56 Å². The first-order valence-electron chi connectivity index (χ1n) is 3.31. The third-order valence-corrected chi connectivity index (χ3v) is 1.66. The van der Waals surface area contributed by atoms with Gasteiger partial charge in [0.25, 0.3) is 0 Å². The molecule has 1 unspecified atom stereocenters. The lowest BCUT2D eigenvalue weighted by Crippen LogP contribution is -2.20. The minimum atomic E-state index is -0.139. The molecule has 1 atom stereocenters. The van der Waals surface area contributed by atoms with Gasteiger partial charge in [0.1, 0.15) is 5.15 Å². The molecule has 0 amide bonds. The van der Waals surface area contributed by atoms with Crippen molar-refractivity contribution in [2.45, 2.75) is 6.04 Å².